The lowest BCUT2D eigenvalue weighted by Crippen LogP contribution is -2.36. The fraction of sp³-hybridized carbons (Fsp3) is 0.611. The molecule has 0 heterocycles. The molecule has 3 heteroatoms. The molecule has 21 heavy (non-hydrogen) atoms. The minimum Gasteiger partial charge on any atom is -0.480 e. The summed E-state index contributed by atoms with van der Waals surface area (Å²) in [6, 6.07) is 9.21. The molecule has 3 unspecified atom stereocenters. The normalized spacial score (nSPS) is 24.5. The summed E-state index contributed by atoms with van der Waals surface area (Å²) < 4.78 is 0. The highest BCUT2D eigenvalue weighted by molar-refractivity contribution is 5.75. The van der Waals surface area contributed by atoms with Crippen LogP contribution >= 0.6 is 0 Å². The third kappa shape index (κ3) is 4.57. The third-order valence-corrected chi connectivity index (χ3v) is 4.74. The summed E-state index contributed by atoms with van der Waals surface area (Å²) in [7, 11) is 0. The Morgan fingerprint density at radius 2 is 1.86 bits per heavy atom. The van der Waals surface area contributed by atoms with Crippen LogP contribution < -0.4 is 5.32 Å². The smallest absolute Gasteiger partial charge is 0.325 e. The van der Waals surface area contributed by atoms with E-state index in [2.05, 4.69) is 19.2 Å². The maximum Gasteiger partial charge on any atom is 0.325 e. The van der Waals surface area contributed by atoms with Crippen LogP contribution in [0.3, 0.4) is 0 Å². The van der Waals surface area contributed by atoms with Crippen LogP contribution in [0.15, 0.2) is 30.3 Å². The second-order valence-electron chi connectivity index (χ2n) is 6.56. The summed E-state index contributed by atoms with van der Waals surface area (Å²) >= 11 is 0. The first-order chi connectivity index (χ1) is 10.1. The lowest BCUT2D eigenvalue weighted by atomic mass is 9.89. The minimum atomic E-state index is -0.786. The van der Waals surface area contributed by atoms with Crippen molar-refractivity contribution in [3.8, 4) is 0 Å². The second-order valence-corrected chi connectivity index (χ2v) is 6.56. The zero-order valence-electron chi connectivity index (χ0n) is 13.1. The van der Waals surface area contributed by atoms with Crippen molar-refractivity contribution >= 4 is 5.97 Å². The van der Waals surface area contributed by atoms with Crippen molar-refractivity contribution in [2.45, 2.75) is 58.0 Å². The number of nitrogens with one attached hydrogen (secondary N) is 1. The van der Waals surface area contributed by atoms with Crippen LogP contribution in [-0.4, -0.2) is 17.1 Å². The lowest BCUT2D eigenvalue weighted by molar-refractivity contribution is -0.140. The molecule has 0 aromatic heterocycles. The van der Waals surface area contributed by atoms with Gasteiger partial charge in [0, 0.05) is 6.04 Å². The molecule has 0 bridgehead atoms. The van der Waals surface area contributed by atoms with E-state index >= 15 is 0 Å². The first-order valence-electron chi connectivity index (χ1n) is 8.11. The fourth-order valence-corrected chi connectivity index (χ4v) is 3.35. The van der Waals surface area contributed by atoms with Gasteiger partial charge < -0.3 is 5.11 Å². The van der Waals surface area contributed by atoms with E-state index in [1.165, 1.54) is 19.3 Å². The van der Waals surface area contributed by atoms with Crippen molar-refractivity contribution in [1.82, 2.24) is 5.32 Å². The van der Waals surface area contributed by atoms with E-state index in [9.17, 15) is 9.90 Å². The quantitative estimate of drug-likeness (QED) is 0.805. The van der Waals surface area contributed by atoms with Crippen LogP contribution in [0.25, 0.3) is 0 Å². The molecule has 1 saturated carbocycles. The molecule has 0 aliphatic heterocycles. The van der Waals surface area contributed by atoms with Gasteiger partial charge in [-0.05, 0) is 36.7 Å². The van der Waals surface area contributed by atoms with Gasteiger partial charge in [-0.15, -0.1) is 0 Å². The topological polar surface area (TPSA) is 49.3 Å². The van der Waals surface area contributed by atoms with Gasteiger partial charge in [0.05, 0.1) is 0 Å². The number of carbonyl (C=O) groups is 1. The molecule has 1 aromatic rings. The summed E-state index contributed by atoms with van der Waals surface area (Å²) in [6.45, 7) is 4.59. The number of rotatable bonds is 5. The van der Waals surface area contributed by atoms with Gasteiger partial charge in [0.15, 0.2) is 0 Å². The second kappa shape index (κ2) is 7.60. The fourth-order valence-electron chi connectivity index (χ4n) is 3.35. The average Bonchev–Trinajstić information content (AvgIpc) is 2.71. The molecule has 116 valence electrons. The Morgan fingerprint density at radius 3 is 2.48 bits per heavy atom. The van der Waals surface area contributed by atoms with Gasteiger partial charge in [-0.1, -0.05) is 57.0 Å². The van der Waals surface area contributed by atoms with E-state index in [0.717, 1.165) is 30.2 Å². The number of hydrogen-bond donors (Lipinski definition) is 2. The number of benzene rings is 1. The van der Waals surface area contributed by atoms with Crippen molar-refractivity contribution in [2.24, 2.45) is 11.8 Å². The Bertz CT molecular complexity index is 444. The third-order valence-electron chi connectivity index (χ3n) is 4.74. The molecule has 0 spiro atoms. The van der Waals surface area contributed by atoms with Crippen LogP contribution in [0, 0.1) is 11.8 Å². The van der Waals surface area contributed by atoms with Crippen LogP contribution in [0.5, 0.6) is 0 Å². The highest BCUT2D eigenvalue weighted by Gasteiger charge is 2.26. The molecule has 1 fully saturated rings. The SMILES string of the molecule is CC(C)C1CCCC(NC(C(=O)O)c2ccccc2)CC1. The number of carboxylic acids is 1. The first kappa shape index (κ1) is 16.0. The molecular weight excluding hydrogens is 262 g/mol. The van der Waals surface area contributed by atoms with E-state index in [-0.39, 0.29) is 0 Å². The molecule has 2 N–H and O–H groups in total. The Hall–Kier alpha value is -1.35. The standard InChI is InChI=1S/C18H27NO2/c1-13(2)14-9-6-10-16(12-11-14)19-17(18(20)21)15-7-4-3-5-8-15/h3-5,7-8,13-14,16-17,19H,6,9-12H2,1-2H3,(H,20,21). The minimum absolute atomic E-state index is 0.315. The van der Waals surface area contributed by atoms with Crippen LogP contribution in [0.2, 0.25) is 0 Å². The first-order valence-corrected chi connectivity index (χ1v) is 8.11. The lowest BCUT2D eigenvalue weighted by Gasteiger charge is -2.23. The van der Waals surface area contributed by atoms with Crippen molar-refractivity contribution in [3.63, 3.8) is 0 Å². The van der Waals surface area contributed by atoms with Crippen LogP contribution in [0.1, 0.15) is 57.6 Å². The molecule has 1 aliphatic carbocycles. The highest BCUT2D eigenvalue weighted by atomic mass is 16.4. The Labute approximate surface area is 127 Å². The zero-order chi connectivity index (χ0) is 15.2. The van der Waals surface area contributed by atoms with Crippen molar-refractivity contribution in [3.05, 3.63) is 35.9 Å². The molecule has 1 aromatic carbocycles. The summed E-state index contributed by atoms with van der Waals surface area (Å²) in [5.41, 5.74) is 0.842. The van der Waals surface area contributed by atoms with Gasteiger partial charge in [0.1, 0.15) is 6.04 Å². The van der Waals surface area contributed by atoms with E-state index in [1.54, 1.807) is 0 Å². The van der Waals surface area contributed by atoms with Crippen molar-refractivity contribution in [2.75, 3.05) is 0 Å². The van der Waals surface area contributed by atoms with Gasteiger partial charge >= 0.3 is 5.97 Å². The van der Waals surface area contributed by atoms with Gasteiger partial charge in [-0.3, -0.25) is 10.1 Å². The number of aliphatic carboxylic acids is 1. The highest BCUT2D eigenvalue weighted by Crippen LogP contribution is 2.29. The Morgan fingerprint density at radius 1 is 1.14 bits per heavy atom. The summed E-state index contributed by atoms with van der Waals surface area (Å²) in [5, 5.41) is 12.9. The molecule has 0 saturated heterocycles. The van der Waals surface area contributed by atoms with E-state index in [0.29, 0.717) is 6.04 Å². The molecule has 0 radical (unpaired) electrons. The van der Waals surface area contributed by atoms with Crippen molar-refractivity contribution in [1.29, 1.82) is 0 Å². The van der Waals surface area contributed by atoms with Crippen LogP contribution in [-0.2, 0) is 4.79 Å². The molecule has 3 atom stereocenters. The summed E-state index contributed by atoms with van der Waals surface area (Å²) in [5.74, 6) is 0.732. The molecular formula is C18H27NO2. The Kier molecular flexibility index (Phi) is 5.80. The predicted molar refractivity (Wildman–Crippen MR) is 85.2 cm³/mol. The Balaban J connectivity index is 2.00. The van der Waals surface area contributed by atoms with Gasteiger partial charge in [0.2, 0.25) is 0 Å². The van der Waals surface area contributed by atoms with Crippen molar-refractivity contribution < 1.29 is 9.90 Å². The van der Waals surface area contributed by atoms with Gasteiger partial charge in [-0.2, -0.15) is 0 Å². The molecule has 3 nitrogen and oxygen atoms in total. The molecule has 2 rings (SSSR count). The maximum atomic E-state index is 11.6. The van der Waals surface area contributed by atoms with Gasteiger partial charge in [-0.25, -0.2) is 0 Å². The summed E-state index contributed by atoms with van der Waals surface area (Å²) in [6.07, 6.45) is 5.84. The maximum absolute atomic E-state index is 11.6. The average molecular weight is 289 g/mol. The molecule has 0 amide bonds. The largest absolute Gasteiger partial charge is 0.480 e. The van der Waals surface area contributed by atoms with E-state index in [4.69, 9.17) is 0 Å². The van der Waals surface area contributed by atoms with E-state index < -0.39 is 12.0 Å². The van der Waals surface area contributed by atoms with Gasteiger partial charge in [0.25, 0.3) is 0 Å². The summed E-state index contributed by atoms with van der Waals surface area (Å²) in [4.78, 5) is 11.6. The number of carboxylic acid groups (broad SMARTS) is 1. The zero-order valence-corrected chi connectivity index (χ0v) is 13.1. The number of hydrogen-bond acceptors (Lipinski definition) is 2. The monoisotopic (exact) mass is 289 g/mol. The van der Waals surface area contributed by atoms with E-state index in [1.807, 2.05) is 30.3 Å². The molecule has 1 aliphatic rings. The van der Waals surface area contributed by atoms with Crippen LogP contribution in [0.4, 0.5) is 0 Å². The predicted octanol–water partition coefficient (Wildman–Crippen LogP) is 4.01.